The Hall–Kier alpha value is -1.88. The van der Waals surface area contributed by atoms with Gasteiger partial charge in [0.25, 0.3) is 5.89 Å². The monoisotopic (exact) mass is 232 g/mol. The zero-order chi connectivity index (χ0) is 12.3. The van der Waals surface area contributed by atoms with Gasteiger partial charge in [0.05, 0.1) is 0 Å². The molecular weight excluding hydrogens is 216 g/mol. The van der Waals surface area contributed by atoms with Gasteiger partial charge in [0, 0.05) is 31.8 Å². The van der Waals surface area contributed by atoms with E-state index in [1.54, 1.807) is 0 Å². The van der Waals surface area contributed by atoms with Crippen LogP contribution in [0.25, 0.3) is 11.5 Å². The quantitative estimate of drug-likeness (QED) is 0.860. The summed E-state index contributed by atoms with van der Waals surface area (Å²) in [4.78, 5) is 6.32. The van der Waals surface area contributed by atoms with Crippen molar-refractivity contribution in [3.05, 3.63) is 30.1 Å². The molecular formula is C12H16N4O. The van der Waals surface area contributed by atoms with Crippen molar-refractivity contribution in [3.63, 3.8) is 0 Å². The van der Waals surface area contributed by atoms with Crippen LogP contribution in [0, 0.1) is 0 Å². The first-order valence-corrected chi connectivity index (χ1v) is 5.51. The lowest BCUT2D eigenvalue weighted by Crippen LogP contribution is -2.08. The van der Waals surface area contributed by atoms with Gasteiger partial charge in [-0.15, -0.1) is 0 Å². The van der Waals surface area contributed by atoms with E-state index in [2.05, 4.69) is 10.1 Å². The molecule has 17 heavy (non-hydrogen) atoms. The van der Waals surface area contributed by atoms with Gasteiger partial charge in [-0.2, -0.15) is 4.98 Å². The number of hydrogen-bond donors (Lipinski definition) is 1. The van der Waals surface area contributed by atoms with E-state index in [9.17, 15) is 0 Å². The number of rotatable bonds is 4. The third-order valence-electron chi connectivity index (χ3n) is 2.45. The summed E-state index contributed by atoms with van der Waals surface area (Å²) in [6.07, 6.45) is 0.636. The Morgan fingerprint density at radius 3 is 2.88 bits per heavy atom. The Labute approximate surface area is 100 Å². The van der Waals surface area contributed by atoms with Gasteiger partial charge in [0.1, 0.15) is 0 Å². The summed E-state index contributed by atoms with van der Waals surface area (Å²) in [5.41, 5.74) is 7.47. The van der Waals surface area contributed by atoms with Gasteiger partial charge in [0.15, 0.2) is 5.82 Å². The van der Waals surface area contributed by atoms with Gasteiger partial charge >= 0.3 is 0 Å². The maximum absolute atomic E-state index is 5.44. The van der Waals surface area contributed by atoms with E-state index in [0.29, 0.717) is 24.7 Å². The number of aromatic nitrogens is 2. The number of anilines is 1. The summed E-state index contributed by atoms with van der Waals surface area (Å²) >= 11 is 0. The summed E-state index contributed by atoms with van der Waals surface area (Å²) in [5, 5.41) is 3.88. The molecule has 0 saturated carbocycles. The van der Waals surface area contributed by atoms with Gasteiger partial charge in [0.2, 0.25) is 0 Å². The zero-order valence-corrected chi connectivity index (χ0v) is 10.1. The van der Waals surface area contributed by atoms with Crippen molar-refractivity contribution in [1.29, 1.82) is 0 Å². The maximum atomic E-state index is 5.44. The molecule has 0 radical (unpaired) electrons. The second kappa shape index (κ2) is 4.97. The predicted octanol–water partition coefficient (Wildman–Crippen LogP) is 1.30. The van der Waals surface area contributed by atoms with E-state index in [1.165, 1.54) is 0 Å². The Morgan fingerprint density at radius 1 is 1.35 bits per heavy atom. The molecule has 0 aliphatic heterocycles. The molecule has 0 spiro atoms. The van der Waals surface area contributed by atoms with E-state index < -0.39 is 0 Å². The lowest BCUT2D eigenvalue weighted by Gasteiger charge is -2.12. The first-order chi connectivity index (χ1) is 8.20. The van der Waals surface area contributed by atoms with Crippen LogP contribution in [-0.2, 0) is 6.42 Å². The fourth-order valence-electron chi connectivity index (χ4n) is 1.52. The van der Waals surface area contributed by atoms with Crippen molar-refractivity contribution in [1.82, 2.24) is 10.1 Å². The third-order valence-corrected chi connectivity index (χ3v) is 2.45. The predicted molar refractivity (Wildman–Crippen MR) is 66.8 cm³/mol. The van der Waals surface area contributed by atoms with Gasteiger partial charge in [-0.05, 0) is 24.7 Å². The average Bonchev–Trinajstić information content (AvgIpc) is 2.78. The molecule has 0 saturated heterocycles. The number of nitrogens with zero attached hydrogens (tertiary/aromatic N) is 3. The van der Waals surface area contributed by atoms with Crippen LogP contribution in [0.2, 0.25) is 0 Å². The average molecular weight is 232 g/mol. The van der Waals surface area contributed by atoms with E-state index in [1.807, 2.05) is 43.3 Å². The van der Waals surface area contributed by atoms with Crippen LogP contribution in [0.5, 0.6) is 0 Å². The minimum Gasteiger partial charge on any atom is -0.378 e. The molecule has 0 aliphatic carbocycles. The van der Waals surface area contributed by atoms with Crippen molar-refractivity contribution in [2.75, 3.05) is 25.5 Å². The number of hydrogen-bond acceptors (Lipinski definition) is 5. The van der Waals surface area contributed by atoms with Crippen molar-refractivity contribution in [3.8, 4) is 11.5 Å². The highest BCUT2D eigenvalue weighted by atomic mass is 16.5. The second-order valence-electron chi connectivity index (χ2n) is 4.00. The molecule has 2 rings (SSSR count). The lowest BCUT2D eigenvalue weighted by atomic mass is 10.2. The zero-order valence-electron chi connectivity index (χ0n) is 10.1. The Morgan fingerprint density at radius 2 is 2.18 bits per heavy atom. The topological polar surface area (TPSA) is 68.2 Å². The first kappa shape index (κ1) is 11.6. The molecule has 5 heteroatoms. The van der Waals surface area contributed by atoms with Crippen molar-refractivity contribution in [2.45, 2.75) is 6.42 Å². The minimum absolute atomic E-state index is 0.525. The highest BCUT2D eigenvalue weighted by molar-refractivity contribution is 5.61. The highest BCUT2D eigenvalue weighted by Gasteiger charge is 2.09. The van der Waals surface area contributed by atoms with Crippen LogP contribution in [0.1, 0.15) is 5.82 Å². The normalized spacial score (nSPS) is 10.5. The molecule has 1 aromatic carbocycles. The van der Waals surface area contributed by atoms with Crippen LogP contribution in [0.3, 0.4) is 0 Å². The minimum atomic E-state index is 0.525. The summed E-state index contributed by atoms with van der Waals surface area (Å²) in [7, 11) is 3.99. The fourth-order valence-corrected chi connectivity index (χ4v) is 1.52. The molecule has 0 aliphatic rings. The SMILES string of the molecule is CN(C)c1cccc(-c2nc(CCN)no2)c1. The van der Waals surface area contributed by atoms with E-state index in [4.69, 9.17) is 10.3 Å². The molecule has 1 heterocycles. The summed E-state index contributed by atoms with van der Waals surface area (Å²) in [5.74, 6) is 1.19. The van der Waals surface area contributed by atoms with Crippen molar-refractivity contribution >= 4 is 5.69 Å². The van der Waals surface area contributed by atoms with Crippen molar-refractivity contribution in [2.24, 2.45) is 5.73 Å². The van der Waals surface area contributed by atoms with E-state index >= 15 is 0 Å². The Balaban J connectivity index is 2.28. The molecule has 0 bridgehead atoms. The van der Waals surface area contributed by atoms with Crippen LogP contribution < -0.4 is 10.6 Å². The van der Waals surface area contributed by atoms with Crippen LogP contribution in [0.4, 0.5) is 5.69 Å². The molecule has 2 aromatic rings. The Kier molecular flexibility index (Phi) is 3.39. The van der Waals surface area contributed by atoms with Crippen LogP contribution in [-0.4, -0.2) is 30.8 Å². The molecule has 5 nitrogen and oxygen atoms in total. The maximum Gasteiger partial charge on any atom is 0.257 e. The standard InChI is InChI=1S/C12H16N4O/c1-16(2)10-5-3-4-9(8-10)12-14-11(6-7-13)15-17-12/h3-5,8H,6-7,13H2,1-2H3. The molecule has 0 fully saturated rings. The van der Waals surface area contributed by atoms with Gasteiger partial charge < -0.3 is 15.2 Å². The van der Waals surface area contributed by atoms with Crippen LogP contribution >= 0.6 is 0 Å². The smallest absolute Gasteiger partial charge is 0.257 e. The highest BCUT2D eigenvalue weighted by Crippen LogP contribution is 2.22. The molecule has 1 aromatic heterocycles. The fraction of sp³-hybridized carbons (Fsp3) is 0.333. The molecule has 2 N–H and O–H groups in total. The third kappa shape index (κ3) is 2.62. The van der Waals surface area contributed by atoms with Gasteiger partial charge in [-0.25, -0.2) is 0 Å². The van der Waals surface area contributed by atoms with E-state index in [-0.39, 0.29) is 0 Å². The largest absolute Gasteiger partial charge is 0.378 e. The van der Waals surface area contributed by atoms with E-state index in [0.717, 1.165) is 11.3 Å². The van der Waals surface area contributed by atoms with Gasteiger partial charge in [-0.3, -0.25) is 0 Å². The number of benzene rings is 1. The molecule has 0 amide bonds. The second-order valence-corrected chi connectivity index (χ2v) is 4.00. The first-order valence-electron chi connectivity index (χ1n) is 5.51. The summed E-state index contributed by atoms with van der Waals surface area (Å²) in [6.45, 7) is 0.525. The Bertz CT molecular complexity index is 493. The summed E-state index contributed by atoms with van der Waals surface area (Å²) in [6, 6.07) is 7.96. The lowest BCUT2D eigenvalue weighted by molar-refractivity contribution is 0.422. The van der Waals surface area contributed by atoms with Crippen LogP contribution in [0.15, 0.2) is 28.8 Å². The van der Waals surface area contributed by atoms with Crippen molar-refractivity contribution < 1.29 is 4.52 Å². The van der Waals surface area contributed by atoms with Gasteiger partial charge in [-0.1, -0.05) is 11.2 Å². The molecule has 0 atom stereocenters. The molecule has 0 unspecified atom stereocenters. The molecule has 90 valence electrons. The number of nitrogens with two attached hydrogens (primary N) is 1. The summed E-state index contributed by atoms with van der Waals surface area (Å²) < 4.78 is 5.20.